The van der Waals surface area contributed by atoms with Gasteiger partial charge in [-0.25, -0.2) is 4.98 Å². The first-order chi connectivity index (χ1) is 12.2. The van der Waals surface area contributed by atoms with Crippen molar-refractivity contribution in [2.24, 2.45) is 0 Å². The number of nitrogens with one attached hydrogen (secondary N) is 3. The van der Waals surface area contributed by atoms with Crippen molar-refractivity contribution in [1.82, 2.24) is 15.0 Å². The van der Waals surface area contributed by atoms with Gasteiger partial charge in [0.1, 0.15) is 0 Å². The normalized spacial score (nSPS) is 11.8. The van der Waals surface area contributed by atoms with E-state index >= 15 is 0 Å². The molecule has 2 aromatic heterocycles. The van der Waals surface area contributed by atoms with Crippen LogP contribution in [0.4, 0.5) is 5.69 Å². The van der Waals surface area contributed by atoms with E-state index in [0.717, 1.165) is 5.56 Å². The van der Waals surface area contributed by atoms with Gasteiger partial charge in [-0.3, -0.25) is 14.3 Å². The van der Waals surface area contributed by atoms with Gasteiger partial charge in [0.25, 0.3) is 10.0 Å². The average molecular weight is 374 g/mol. The average Bonchev–Trinajstić information content (AvgIpc) is 2.56. The number of anilines is 1. The molecule has 0 aliphatic carbocycles. The van der Waals surface area contributed by atoms with Crippen LogP contribution in [0.3, 0.4) is 0 Å². The summed E-state index contributed by atoms with van der Waals surface area (Å²) in [5.74, 6) is 0.337. The standard InChI is InChI=1S/C17H18N4O4S/c1-9(2)11-4-6-12(7-5-11)21-26(24,25)17-10(3)8-13-14(20-17)19-16(23)15(22)18-13/h4-9,21H,1-3H3,(H,18,22)(H,19,20,23). The lowest BCUT2D eigenvalue weighted by atomic mass is 10.0. The zero-order chi connectivity index (χ0) is 19.1. The van der Waals surface area contributed by atoms with Gasteiger partial charge >= 0.3 is 11.1 Å². The third-order valence-electron chi connectivity index (χ3n) is 3.94. The molecule has 3 N–H and O–H groups in total. The summed E-state index contributed by atoms with van der Waals surface area (Å²) in [5, 5.41) is -0.222. The van der Waals surface area contributed by atoms with E-state index in [1.165, 1.54) is 6.07 Å². The molecule has 0 fully saturated rings. The fourth-order valence-corrected chi connectivity index (χ4v) is 3.78. The number of aryl methyl sites for hydroxylation is 1. The van der Waals surface area contributed by atoms with Crippen LogP contribution in [0.25, 0.3) is 11.2 Å². The monoisotopic (exact) mass is 374 g/mol. The Morgan fingerprint density at radius 3 is 2.27 bits per heavy atom. The molecular formula is C17H18N4O4S. The Hall–Kier alpha value is -2.94. The van der Waals surface area contributed by atoms with Crippen molar-refractivity contribution in [3.63, 3.8) is 0 Å². The first kappa shape index (κ1) is 17.9. The number of benzene rings is 1. The first-order valence-corrected chi connectivity index (χ1v) is 9.42. The van der Waals surface area contributed by atoms with Gasteiger partial charge in [0.05, 0.1) is 5.52 Å². The second-order valence-electron chi connectivity index (χ2n) is 6.30. The number of pyridine rings is 1. The van der Waals surface area contributed by atoms with Gasteiger partial charge in [0, 0.05) is 5.69 Å². The number of nitrogens with zero attached hydrogens (tertiary/aromatic N) is 1. The van der Waals surface area contributed by atoms with Gasteiger partial charge in [0.15, 0.2) is 10.7 Å². The molecule has 0 amide bonds. The number of aromatic amines is 2. The molecule has 0 aliphatic heterocycles. The van der Waals surface area contributed by atoms with Gasteiger partial charge in [-0.2, -0.15) is 8.42 Å². The summed E-state index contributed by atoms with van der Waals surface area (Å²) in [4.78, 5) is 31.5. The number of aromatic nitrogens is 3. The predicted octanol–water partition coefficient (Wildman–Crippen LogP) is 1.84. The lowest BCUT2D eigenvalue weighted by Crippen LogP contribution is -2.29. The highest BCUT2D eigenvalue weighted by Gasteiger charge is 2.20. The lowest BCUT2D eigenvalue weighted by Gasteiger charge is -2.11. The smallest absolute Gasteiger partial charge is 0.315 e. The lowest BCUT2D eigenvalue weighted by molar-refractivity contribution is 0.597. The van der Waals surface area contributed by atoms with Crippen LogP contribution in [0.2, 0.25) is 0 Å². The second kappa shape index (κ2) is 6.41. The van der Waals surface area contributed by atoms with E-state index in [-0.39, 0.29) is 16.2 Å². The Labute approximate surface area is 149 Å². The highest BCUT2D eigenvalue weighted by molar-refractivity contribution is 7.92. The maximum absolute atomic E-state index is 12.7. The molecule has 1 aromatic carbocycles. The van der Waals surface area contributed by atoms with Gasteiger partial charge in [-0.15, -0.1) is 0 Å². The summed E-state index contributed by atoms with van der Waals surface area (Å²) >= 11 is 0. The van der Waals surface area contributed by atoms with Crippen LogP contribution in [-0.2, 0) is 10.0 Å². The highest BCUT2D eigenvalue weighted by Crippen LogP contribution is 2.22. The Morgan fingerprint density at radius 2 is 1.65 bits per heavy atom. The van der Waals surface area contributed by atoms with Crippen molar-refractivity contribution < 1.29 is 8.42 Å². The summed E-state index contributed by atoms with van der Waals surface area (Å²) in [6.07, 6.45) is 0. The van der Waals surface area contributed by atoms with E-state index in [4.69, 9.17) is 0 Å². The molecule has 0 bridgehead atoms. The Morgan fingerprint density at radius 1 is 1.04 bits per heavy atom. The molecule has 136 valence electrons. The predicted molar refractivity (Wildman–Crippen MR) is 99.1 cm³/mol. The SMILES string of the molecule is Cc1cc2[nH]c(=O)c(=O)[nH]c2nc1S(=O)(=O)Nc1ccc(C(C)C)cc1. The second-order valence-corrected chi connectivity index (χ2v) is 7.89. The molecule has 3 rings (SSSR count). The minimum absolute atomic E-state index is 0.00395. The van der Waals surface area contributed by atoms with Gasteiger partial charge < -0.3 is 9.97 Å². The molecule has 0 unspecified atom stereocenters. The van der Waals surface area contributed by atoms with Crippen LogP contribution in [0.1, 0.15) is 30.9 Å². The van der Waals surface area contributed by atoms with Crippen LogP contribution in [0.5, 0.6) is 0 Å². The zero-order valence-electron chi connectivity index (χ0n) is 14.5. The molecule has 9 heteroatoms. The zero-order valence-corrected chi connectivity index (χ0v) is 15.3. The van der Waals surface area contributed by atoms with Crippen LogP contribution in [-0.4, -0.2) is 23.4 Å². The molecule has 0 saturated heterocycles. The number of hydrogen-bond acceptors (Lipinski definition) is 5. The van der Waals surface area contributed by atoms with Crippen molar-refractivity contribution in [1.29, 1.82) is 0 Å². The van der Waals surface area contributed by atoms with E-state index in [9.17, 15) is 18.0 Å². The molecular weight excluding hydrogens is 356 g/mol. The summed E-state index contributed by atoms with van der Waals surface area (Å²) in [7, 11) is -3.97. The number of sulfonamides is 1. The summed E-state index contributed by atoms with van der Waals surface area (Å²) in [6, 6.07) is 8.53. The van der Waals surface area contributed by atoms with Crippen molar-refractivity contribution >= 4 is 26.9 Å². The Kier molecular flexibility index (Phi) is 4.41. The van der Waals surface area contributed by atoms with Crippen LogP contribution in [0, 0.1) is 6.92 Å². The van der Waals surface area contributed by atoms with Crippen molar-refractivity contribution in [2.75, 3.05) is 4.72 Å². The number of hydrogen-bond donors (Lipinski definition) is 3. The third-order valence-corrected chi connectivity index (χ3v) is 5.36. The van der Waals surface area contributed by atoms with Crippen LogP contribution >= 0.6 is 0 Å². The summed E-state index contributed by atoms with van der Waals surface area (Å²) < 4.78 is 27.9. The van der Waals surface area contributed by atoms with E-state index < -0.39 is 21.1 Å². The molecule has 0 saturated carbocycles. The minimum atomic E-state index is -3.97. The molecule has 26 heavy (non-hydrogen) atoms. The van der Waals surface area contributed by atoms with Crippen LogP contribution < -0.4 is 15.8 Å². The molecule has 8 nitrogen and oxygen atoms in total. The van der Waals surface area contributed by atoms with Crippen molar-refractivity contribution in [2.45, 2.75) is 31.7 Å². The number of H-pyrrole nitrogens is 2. The van der Waals surface area contributed by atoms with Crippen molar-refractivity contribution in [3.05, 3.63) is 62.2 Å². The minimum Gasteiger partial charge on any atom is -0.315 e. The fourth-order valence-electron chi connectivity index (χ4n) is 2.54. The fraction of sp³-hybridized carbons (Fsp3) is 0.235. The Bertz CT molecular complexity index is 1190. The largest absolute Gasteiger partial charge is 0.315 e. The Balaban J connectivity index is 2.03. The quantitative estimate of drug-likeness (QED) is 0.601. The van der Waals surface area contributed by atoms with Gasteiger partial charge in [-0.1, -0.05) is 26.0 Å². The molecule has 0 radical (unpaired) electrons. The van der Waals surface area contributed by atoms with Gasteiger partial charge in [-0.05, 0) is 42.2 Å². The van der Waals surface area contributed by atoms with Crippen molar-refractivity contribution in [3.8, 4) is 0 Å². The number of rotatable bonds is 4. The maximum atomic E-state index is 12.7. The van der Waals surface area contributed by atoms with E-state index in [2.05, 4.69) is 19.7 Å². The maximum Gasteiger partial charge on any atom is 0.315 e. The molecule has 0 spiro atoms. The summed E-state index contributed by atoms with van der Waals surface area (Å²) in [6.45, 7) is 5.66. The summed E-state index contributed by atoms with van der Waals surface area (Å²) in [5.41, 5.74) is 0.377. The molecule has 0 atom stereocenters. The molecule has 2 heterocycles. The topological polar surface area (TPSA) is 125 Å². The van der Waals surface area contributed by atoms with E-state index in [1.54, 1.807) is 19.1 Å². The first-order valence-electron chi connectivity index (χ1n) is 7.94. The number of fused-ring (bicyclic) bond motifs is 1. The van der Waals surface area contributed by atoms with Gasteiger partial charge in [0.2, 0.25) is 0 Å². The molecule has 3 aromatic rings. The highest BCUT2D eigenvalue weighted by atomic mass is 32.2. The van der Waals surface area contributed by atoms with E-state index in [0.29, 0.717) is 17.2 Å². The van der Waals surface area contributed by atoms with E-state index in [1.807, 2.05) is 26.0 Å². The third kappa shape index (κ3) is 3.38. The van der Waals surface area contributed by atoms with Crippen LogP contribution in [0.15, 0.2) is 44.9 Å². The molecule has 0 aliphatic rings.